The Morgan fingerprint density at radius 1 is 1.64 bits per heavy atom. The number of benzene rings is 1. The van der Waals surface area contributed by atoms with Crippen LogP contribution in [-0.2, 0) is 4.79 Å². The zero-order chi connectivity index (χ0) is 10.7. The van der Waals surface area contributed by atoms with E-state index in [4.69, 9.17) is 5.73 Å². The third-order valence-corrected chi connectivity index (χ3v) is 2.09. The number of carbonyl (C=O) groups is 1. The van der Waals surface area contributed by atoms with E-state index in [1.165, 1.54) is 19.1 Å². The largest absolute Gasteiger partial charge is 0.322 e. The molecular weight excluding hydrogens is 251 g/mol. The van der Waals surface area contributed by atoms with Crippen LogP contribution in [0, 0.1) is 5.82 Å². The van der Waals surface area contributed by atoms with Crippen LogP contribution < -0.4 is 11.1 Å². The van der Waals surface area contributed by atoms with Crippen molar-refractivity contribution in [3.63, 3.8) is 0 Å². The SMILES string of the molecule is C[C@H](N)C(=O)Nc1cc(Br)ccc1F. The summed E-state index contributed by atoms with van der Waals surface area (Å²) >= 11 is 3.17. The molecule has 0 heterocycles. The third kappa shape index (κ3) is 2.78. The van der Waals surface area contributed by atoms with Gasteiger partial charge >= 0.3 is 0 Å². The van der Waals surface area contributed by atoms with Gasteiger partial charge in [0.25, 0.3) is 0 Å². The third-order valence-electron chi connectivity index (χ3n) is 1.60. The molecule has 14 heavy (non-hydrogen) atoms. The summed E-state index contributed by atoms with van der Waals surface area (Å²) in [7, 11) is 0. The molecule has 3 N–H and O–H groups in total. The van der Waals surface area contributed by atoms with Crippen molar-refractivity contribution in [3.8, 4) is 0 Å². The van der Waals surface area contributed by atoms with E-state index in [9.17, 15) is 9.18 Å². The summed E-state index contributed by atoms with van der Waals surface area (Å²) in [5, 5.41) is 2.38. The smallest absolute Gasteiger partial charge is 0.241 e. The molecule has 0 aromatic heterocycles. The second kappa shape index (κ2) is 4.52. The molecule has 1 aromatic rings. The highest BCUT2D eigenvalue weighted by atomic mass is 79.9. The van der Waals surface area contributed by atoms with Crippen LogP contribution in [0.5, 0.6) is 0 Å². The number of carbonyl (C=O) groups excluding carboxylic acids is 1. The van der Waals surface area contributed by atoms with E-state index in [-0.39, 0.29) is 5.69 Å². The molecule has 1 amide bonds. The minimum Gasteiger partial charge on any atom is -0.322 e. The highest BCUT2D eigenvalue weighted by Gasteiger charge is 2.10. The zero-order valence-corrected chi connectivity index (χ0v) is 9.14. The van der Waals surface area contributed by atoms with Gasteiger partial charge in [-0.25, -0.2) is 4.39 Å². The van der Waals surface area contributed by atoms with Gasteiger partial charge < -0.3 is 11.1 Å². The molecule has 0 spiro atoms. The molecule has 0 radical (unpaired) electrons. The van der Waals surface area contributed by atoms with Crippen LogP contribution in [0.2, 0.25) is 0 Å². The Bertz CT molecular complexity index is 355. The summed E-state index contributed by atoms with van der Waals surface area (Å²) in [5.74, 6) is -0.899. The maximum Gasteiger partial charge on any atom is 0.241 e. The first kappa shape index (κ1) is 11.1. The number of hydrogen-bond acceptors (Lipinski definition) is 2. The van der Waals surface area contributed by atoms with E-state index in [1.807, 2.05) is 0 Å². The van der Waals surface area contributed by atoms with E-state index < -0.39 is 17.8 Å². The number of hydrogen-bond donors (Lipinski definition) is 2. The van der Waals surface area contributed by atoms with Crippen LogP contribution in [0.4, 0.5) is 10.1 Å². The molecule has 0 aliphatic rings. The highest BCUT2D eigenvalue weighted by molar-refractivity contribution is 9.10. The van der Waals surface area contributed by atoms with E-state index in [2.05, 4.69) is 21.2 Å². The quantitative estimate of drug-likeness (QED) is 0.853. The van der Waals surface area contributed by atoms with Crippen LogP contribution in [0.25, 0.3) is 0 Å². The van der Waals surface area contributed by atoms with Crippen molar-refractivity contribution in [1.82, 2.24) is 0 Å². The van der Waals surface area contributed by atoms with Crippen LogP contribution in [0.1, 0.15) is 6.92 Å². The van der Waals surface area contributed by atoms with Gasteiger partial charge in [0.05, 0.1) is 11.7 Å². The summed E-state index contributed by atoms with van der Waals surface area (Å²) in [6.45, 7) is 1.53. The molecule has 1 aromatic carbocycles. The molecule has 3 nitrogen and oxygen atoms in total. The maximum absolute atomic E-state index is 13.1. The molecule has 0 saturated heterocycles. The molecule has 0 bridgehead atoms. The van der Waals surface area contributed by atoms with Gasteiger partial charge in [-0.2, -0.15) is 0 Å². The molecule has 5 heteroatoms. The van der Waals surface area contributed by atoms with Gasteiger partial charge in [-0.15, -0.1) is 0 Å². The average molecular weight is 261 g/mol. The molecule has 0 aliphatic heterocycles. The van der Waals surface area contributed by atoms with Gasteiger partial charge in [0.1, 0.15) is 5.82 Å². The Balaban J connectivity index is 2.86. The number of amides is 1. The second-order valence-corrected chi connectivity index (χ2v) is 3.82. The fraction of sp³-hybridized carbons (Fsp3) is 0.222. The molecule has 0 aliphatic carbocycles. The van der Waals surface area contributed by atoms with Crippen LogP contribution in [0.3, 0.4) is 0 Å². The normalized spacial score (nSPS) is 12.3. The Morgan fingerprint density at radius 2 is 2.29 bits per heavy atom. The first-order valence-corrected chi connectivity index (χ1v) is 4.81. The van der Waals surface area contributed by atoms with Gasteiger partial charge in [-0.1, -0.05) is 15.9 Å². The van der Waals surface area contributed by atoms with Gasteiger partial charge in [-0.3, -0.25) is 4.79 Å². The second-order valence-electron chi connectivity index (χ2n) is 2.90. The van der Waals surface area contributed by atoms with Crippen molar-refractivity contribution in [3.05, 3.63) is 28.5 Å². The lowest BCUT2D eigenvalue weighted by Gasteiger charge is -2.08. The molecular formula is C9H10BrFN2O. The highest BCUT2D eigenvalue weighted by Crippen LogP contribution is 2.19. The van der Waals surface area contributed by atoms with Gasteiger partial charge in [0.15, 0.2) is 0 Å². The molecule has 1 rings (SSSR count). The fourth-order valence-corrected chi connectivity index (χ4v) is 1.20. The van der Waals surface area contributed by atoms with Crippen molar-refractivity contribution in [2.75, 3.05) is 5.32 Å². The summed E-state index contributed by atoms with van der Waals surface area (Å²) in [4.78, 5) is 11.2. The first-order valence-electron chi connectivity index (χ1n) is 4.02. The Morgan fingerprint density at radius 3 is 2.86 bits per heavy atom. The van der Waals surface area contributed by atoms with Gasteiger partial charge in [0.2, 0.25) is 5.91 Å². The lowest BCUT2D eigenvalue weighted by molar-refractivity contribution is -0.117. The Hall–Kier alpha value is -0.940. The fourth-order valence-electron chi connectivity index (χ4n) is 0.840. The van der Waals surface area contributed by atoms with Crippen molar-refractivity contribution in [1.29, 1.82) is 0 Å². The predicted molar refractivity (Wildman–Crippen MR) is 56.4 cm³/mol. The Labute approximate surface area is 89.6 Å². The topological polar surface area (TPSA) is 55.1 Å². The number of anilines is 1. The van der Waals surface area contributed by atoms with Crippen LogP contribution >= 0.6 is 15.9 Å². The molecule has 1 atom stereocenters. The van der Waals surface area contributed by atoms with Gasteiger partial charge in [-0.05, 0) is 25.1 Å². The van der Waals surface area contributed by atoms with Crippen molar-refractivity contribution in [2.45, 2.75) is 13.0 Å². The average Bonchev–Trinajstić information content (AvgIpc) is 2.11. The summed E-state index contributed by atoms with van der Waals surface area (Å²) < 4.78 is 13.8. The molecule has 0 unspecified atom stereocenters. The summed E-state index contributed by atoms with van der Waals surface area (Å²) in [6.07, 6.45) is 0. The standard InChI is InChI=1S/C9H10BrFN2O/c1-5(12)9(14)13-8-4-6(10)2-3-7(8)11/h2-5H,12H2,1H3,(H,13,14)/t5-/m0/s1. The number of nitrogens with one attached hydrogen (secondary N) is 1. The first-order chi connectivity index (χ1) is 6.50. The molecule has 0 saturated carbocycles. The van der Waals surface area contributed by atoms with E-state index in [1.54, 1.807) is 6.07 Å². The number of halogens is 2. The number of rotatable bonds is 2. The Kier molecular flexibility index (Phi) is 3.60. The monoisotopic (exact) mass is 260 g/mol. The van der Waals surface area contributed by atoms with Crippen molar-refractivity contribution < 1.29 is 9.18 Å². The minimum atomic E-state index is -0.659. The summed E-state index contributed by atoms with van der Waals surface area (Å²) in [6, 6.07) is 3.64. The van der Waals surface area contributed by atoms with E-state index >= 15 is 0 Å². The van der Waals surface area contributed by atoms with Crippen LogP contribution in [-0.4, -0.2) is 11.9 Å². The number of nitrogens with two attached hydrogens (primary N) is 1. The zero-order valence-electron chi connectivity index (χ0n) is 7.55. The summed E-state index contributed by atoms with van der Waals surface area (Å²) in [5.41, 5.74) is 5.45. The van der Waals surface area contributed by atoms with Crippen molar-refractivity contribution in [2.24, 2.45) is 5.73 Å². The van der Waals surface area contributed by atoms with E-state index in [0.29, 0.717) is 4.47 Å². The minimum absolute atomic E-state index is 0.127. The maximum atomic E-state index is 13.1. The predicted octanol–water partition coefficient (Wildman–Crippen LogP) is 1.87. The lowest BCUT2D eigenvalue weighted by atomic mass is 10.2. The molecule has 76 valence electrons. The van der Waals surface area contributed by atoms with Crippen molar-refractivity contribution >= 4 is 27.5 Å². The van der Waals surface area contributed by atoms with E-state index in [0.717, 1.165) is 0 Å². The molecule has 0 fully saturated rings. The lowest BCUT2D eigenvalue weighted by Crippen LogP contribution is -2.32. The van der Waals surface area contributed by atoms with Gasteiger partial charge in [0, 0.05) is 4.47 Å². The van der Waals surface area contributed by atoms with Crippen LogP contribution in [0.15, 0.2) is 22.7 Å².